The average Bonchev–Trinajstić information content (AvgIpc) is 0.725. The van der Waals surface area contributed by atoms with Gasteiger partial charge in [0.15, 0.2) is 52.2 Å². The highest BCUT2D eigenvalue weighted by atomic mass is 35.5. The van der Waals surface area contributed by atoms with Crippen molar-refractivity contribution in [1.82, 2.24) is 58.3 Å². The van der Waals surface area contributed by atoms with Crippen molar-refractivity contribution < 1.29 is 64.8 Å². The molecular formula is C99H87Cl7F8N18O9. The van der Waals surface area contributed by atoms with E-state index in [-0.39, 0.29) is 193 Å². The molecule has 6 atom stereocenters. The average molecular weight is 2070 g/mol. The summed E-state index contributed by atoms with van der Waals surface area (Å²) in [6, 6.07) is 13.0. The van der Waals surface area contributed by atoms with E-state index in [9.17, 15) is 77.4 Å². The summed E-state index contributed by atoms with van der Waals surface area (Å²) in [7, 11) is 0. The molecule has 0 spiro atoms. The maximum Gasteiger partial charge on any atom is 0.276 e. The molecule has 42 heteroatoms. The van der Waals surface area contributed by atoms with Crippen LogP contribution in [0.25, 0.3) is 83.9 Å². The number of aromatic nitrogens is 9. The lowest BCUT2D eigenvalue weighted by atomic mass is 10.0. The number of phenols is 3. The normalized spacial score (nSPS) is 16.6. The molecule has 12 aromatic rings. The van der Waals surface area contributed by atoms with Crippen molar-refractivity contribution in [2.45, 2.75) is 158 Å². The largest absolute Gasteiger partial charge is 0.504 e. The third-order valence-corrected chi connectivity index (χ3v) is 27.2. The van der Waals surface area contributed by atoms with Crippen LogP contribution in [-0.4, -0.2) is 167 Å². The topological polar surface area (TPSA) is 346 Å². The number of piperazine rings is 3. The third kappa shape index (κ3) is 18.2. The van der Waals surface area contributed by atoms with E-state index in [4.69, 9.17) is 81.2 Å². The molecule has 3 aromatic carbocycles. The number of pyridine rings is 9. The summed E-state index contributed by atoms with van der Waals surface area (Å²) >= 11 is 44.2. The molecule has 3 aliphatic rings. The lowest BCUT2D eigenvalue weighted by Gasteiger charge is -2.45. The zero-order chi connectivity index (χ0) is 104. The van der Waals surface area contributed by atoms with Gasteiger partial charge in [0.25, 0.3) is 16.7 Å². The molecule has 3 aliphatic heterocycles. The standard InChI is InChI=1S/C33H29Cl3F2N6O3.2C33H29Cl2F3N6O3/c1-7-21(45)43-16(5)12-42(13-17(43)6)30-18-10-20(34)28(22-25(37)23(35)24(36)31(46)26(22)38)41-32(18)44(33(47)19(30)11-39)29-15(4)8-9-40-27(29)14(2)3;2*1-7-21(45)43-16(5)12-42(13-17(43)6)30-18-10-20(34)28(22-23(35)31(46)26(38)25(37)24(22)36)41-32(18)44(33(47)19(30)11-39)29-15(4)8-9-40-27(29)14(2)3/h3*7-10,14,16-17,46H,1,12-13H2,2-6H3/t3*16-,17+. The number of halogens is 15. The van der Waals surface area contributed by atoms with E-state index in [1.807, 2.05) is 95.2 Å². The van der Waals surface area contributed by atoms with E-state index in [0.717, 1.165) is 0 Å². The van der Waals surface area contributed by atoms with Gasteiger partial charge in [-0.3, -0.25) is 57.4 Å². The van der Waals surface area contributed by atoms with E-state index >= 15 is 17.6 Å². The highest BCUT2D eigenvalue weighted by Gasteiger charge is 2.43. The summed E-state index contributed by atoms with van der Waals surface area (Å²) in [5.74, 6) is -19.3. The second kappa shape index (κ2) is 41.0. The molecule has 732 valence electrons. The number of benzene rings is 3. The van der Waals surface area contributed by atoms with Crippen LogP contribution in [0, 0.1) is 101 Å². The van der Waals surface area contributed by atoms with Crippen LogP contribution in [0.5, 0.6) is 17.2 Å². The van der Waals surface area contributed by atoms with Crippen LogP contribution in [0.2, 0.25) is 35.2 Å². The van der Waals surface area contributed by atoms with Crippen molar-refractivity contribution in [3.63, 3.8) is 0 Å². The monoisotopic (exact) mass is 2070 g/mol. The Hall–Kier alpha value is -13.4. The van der Waals surface area contributed by atoms with Gasteiger partial charge in [-0.15, -0.1) is 0 Å². The van der Waals surface area contributed by atoms with Gasteiger partial charge in [-0.05, 0) is 151 Å². The molecule has 141 heavy (non-hydrogen) atoms. The molecule has 15 rings (SSSR count). The minimum Gasteiger partial charge on any atom is -0.504 e. The maximum absolute atomic E-state index is 15.6. The summed E-state index contributed by atoms with van der Waals surface area (Å²) in [6.45, 7) is 39.4. The van der Waals surface area contributed by atoms with Crippen molar-refractivity contribution in [2.24, 2.45) is 0 Å². The molecule has 3 N–H and O–H groups in total. The maximum atomic E-state index is 15.6. The quantitative estimate of drug-likeness (QED) is 0.0371. The van der Waals surface area contributed by atoms with Crippen LogP contribution in [0.1, 0.15) is 151 Å². The molecule has 0 radical (unpaired) electrons. The zero-order valence-corrected chi connectivity index (χ0v) is 83.3. The minimum absolute atomic E-state index is 0.0873. The number of anilines is 3. The molecule has 0 saturated carbocycles. The van der Waals surface area contributed by atoms with Crippen LogP contribution in [0.3, 0.4) is 0 Å². The Morgan fingerprint density at radius 1 is 0.383 bits per heavy atom. The number of carbonyl (C=O) groups excluding carboxylic acids is 3. The lowest BCUT2D eigenvalue weighted by Crippen LogP contribution is -2.58. The molecule has 27 nitrogen and oxygen atoms in total. The fourth-order valence-corrected chi connectivity index (χ4v) is 20.3. The molecule has 0 bridgehead atoms. The number of carbonyl (C=O) groups is 3. The Labute approximate surface area is 836 Å². The van der Waals surface area contributed by atoms with Gasteiger partial charge in [0.1, 0.15) is 56.9 Å². The van der Waals surface area contributed by atoms with Gasteiger partial charge in [-0.2, -0.15) is 24.6 Å². The zero-order valence-electron chi connectivity index (χ0n) is 78.0. The second-order valence-corrected chi connectivity index (χ2v) is 37.9. The highest BCUT2D eigenvalue weighted by Crippen LogP contribution is 2.51. The minimum atomic E-state index is -2.00. The fourth-order valence-electron chi connectivity index (χ4n) is 18.7. The van der Waals surface area contributed by atoms with Gasteiger partial charge in [0.05, 0.1) is 115 Å². The number of aromatic hydroxyl groups is 3. The number of rotatable bonds is 15. The Morgan fingerprint density at radius 3 is 0.872 bits per heavy atom. The van der Waals surface area contributed by atoms with Gasteiger partial charge >= 0.3 is 0 Å². The second-order valence-electron chi connectivity index (χ2n) is 35.1. The summed E-state index contributed by atoms with van der Waals surface area (Å²) in [5.41, 5.74) is -2.58. The molecule has 12 heterocycles. The Kier molecular flexibility index (Phi) is 30.5. The first-order chi connectivity index (χ1) is 66.5. The molecule has 0 aliphatic carbocycles. The van der Waals surface area contributed by atoms with Gasteiger partial charge < -0.3 is 44.7 Å². The van der Waals surface area contributed by atoms with Crippen molar-refractivity contribution in [3.8, 4) is 86.3 Å². The van der Waals surface area contributed by atoms with Crippen molar-refractivity contribution in [2.75, 3.05) is 54.0 Å². The smallest absolute Gasteiger partial charge is 0.276 e. The highest BCUT2D eigenvalue weighted by molar-refractivity contribution is 6.43. The predicted molar refractivity (Wildman–Crippen MR) is 527 cm³/mol. The first kappa shape index (κ1) is 105. The Balaban J connectivity index is 0.000000178. The number of aryl methyl sites for hydroxylation is 3. The van der Waals surface area contributed by atoms with E-state index < -0.39 is 134 Å². The van der Waals surface area contributed by atoms with Crippen LogP contribution in [0.15, 0.2) is 107 Å². The summed E-state index contributed by atoms with van der Waals surface area (Å²) in [5, 5.41) is 58.5. The first-order valence-corrected chi connectivity index (χ1v) is 46.3. The van der Waals surface area contributed by atoms with E-state index in [1.165, 1.54) is 50.1 Å². The van der Waals surface area contributed by atoms with Gasteiger partial charge in [-0.1, -0.05) is 142 Å². The number of nitrogens with zero attached hydrogens (tertiary/aromatic N) is 18. The first-order valence-electron chi connectivity index (χ1n) is 43.7. The SMILES string of the molecule is C=CC(=O)N1[C@H](C)CN(c2c(C#N)c(=O)n(-c3c(C)ccnc3C(C)C)c3nc(-c4c(F)c(F)c(F)c(O)c4Cl)c(Cl)cc23)C[C@@H]1C.C=CC(=O)N1[C@H](C)CN(c2c(C#N)c(=O)n(-c3c(C)ccnc3C(C)C)c3nc(-c4c(F)c(F)c(F)c(O)c4Cl)c(Cl)cc23)C[C@@H]1C.C=CC(=O)N1[C@H](C)CN(c2c(C#N)c(=O)n(-c3c(C)ccnc3C(C)C)c3nc(-c4c(F)c(O)c(Cl)c(Cl)c4F)c(Cl)cc23)C[C@@H]1C. The molecule has 0 unspecified atom stereocenters. The molecule has 3 amide bonds. The van der Waals surface area contributed by atoms with Crippen LogP contribution in [-0.2, 0) is 14.4 Å². The molecule has 3 saturated heterocycles. The fraction of sp³-hybridized carbons (Fsp3) is 0.303. The van der Waals surface area contributed by atoms with Crippen molar-refractivity contribution >= 4 is 149 Å². The van der Waals surface area contributed by atoms with Crippen LogP contribution in [0.4, 0.5) is 52.2 Å². The Bertz CT molecular complexity index is 6870. The van der Waals surface area contributed by atoms with E-state index in [0.29, 0.717) is 50.8 Å². The van der Waals surface area contributed by atoms with E-state index in [1.54, 1.807) is 87.0 Å². The van der Waals surface area contributed by atoms with Crippen molar-refractivity contribution in [3.05, 3.63) is 256 Å². The lowest BCUT2D eigenvalue weighted by molar-refractivity contribution is -0.131. The van der Waals surface area contributed by atoms with Gasteiger partial charge in [-0.25, -0.2) is 41.3 Å². The number of phenolic OH excluding ortho intramolecular Hbond substituents is 3. The number of amides is 3. The van der Waals surface area contributed by atoms with Crippen molar-refractivity contribution in [1.29, 1.82) is 15.8 Å². The summed E-state index contributed by atoms with van der Waals surface area (Å²) < 4.78 is 123. The predicted octanol–water partition coefficient (Wildman–Crippen LogP) is 20.9. The van der Waals surface area contributed by atoms with Crippen LogP contribution >= 0.6 is 81.2 Å². The van der Waals surface area contributed by atoms with Crippen LogP contribution < -0.4 is 31.4 Å². The number of hydrogen-bond acceptors (Lipinski definition) is 21. The van der Waals surface area contributed by atoms with Gasteiger partial charge in [0, 0.05) is 110 Å². The summed E-state index contributed by atoms with van der Waals surface area (Å²) in [6.07, 6.45) is 8.40. The summed E-state index contributed by atoms with van der Waals surface area (Å²) in [4.78, 5) is 119. The third-order valence-electron chi connectivity index (χ3n) is 24.8. The number of fused-ring (bicyclic) bond motifs is 3. The number of nitriles is 3. The van der Waals surface area contributed by atoms with Gasteiger partial charge in [0.2, 0.25) is 29.4 Å². The molecule has 3 fully saturated rings. The Morgan fingerprint density at radius 2 is 0.631 bits per heavy atom. The van der Waals surface area contributed by atoms with E-state index in [2.05, 4.69) is 55.7 Å². The molecule has 9 aromatic heterocycles. The molecular weight excluding hydrogens is 1990 g/mol. The number of hydrogen-bond donors (Lipinski definition) is 3.